The number of benzene rings is 2. The van der Waals surface area contributed by atoms with Crippen molar-refractivity contribution >= 4 is 52.1 Å². The van der Waals surface area contributed by atoms with Crippen LogP contribution in [-0.4, -0.2) is 53.8 Å². The van der Waals surface area contributed by atoms with E-state index >= 15 is 0 Å². The van der Waals surface area contributed by atoms with Crippen LogP contribution in [0, 0.1) is 11.8 Å². The van der Waals surface area contributed by atoms with Crippen molar-refractivity contribution in [3.63, 3.8) is 0 Å². The molecule has 0 amide bonds. The Bertz CT molecular complexity index is 1270. The zero-order valence-electron chi connectivity index (χ0n) is 22.9. The van der Waals surface area contributed by atoms with Gasteiger partial charge in [0.25, 0.3) is 0 Å². The third-order valence-electron chi connectivity index (χ3n) is 8.13. The number of rotatable bonds is 11. The van der Waals surface area contributed by atoms with E-state index in [1.54, 1.807) is 6.07 Å². The third-order valence-corrected chi connectivity index (χ3v) is 10.2. The minimum Gasteiger partial charge on any atom is -0.422 e. The topological polar surface area (TPSA) is 59.0 Å². The van der Waals surface area contributed by atoms with Gasteiger partial charge in [0.2, 0.25) is 0 Å². The van der Waals surface area contributed by atoms with Crippen LogP contribution in [0.15, 0.2) is 54.6 Å². The van der Waals surface area contributed by atoms with E-state index in [0.29, 0.717) is 27.1 Å². The fraction of sp³-hybridized carbons (Fsp3) is 0.469. The van der Waals surface area contributed by atoms with Crippen LogP contribution in [0.25, 0.3) is 0 Å². The number of carbonyl (C=O) groups is 1. The van der Waals surface area contributed by atoms with Gasteiger partial charge in [0.15, 0.2) is 0 Å². The Hall–Kier alpha value is -1.64. The number of thiophene rings is 1. The minimum absolute atomic E-state index is 0.0351. The average Bonchev–Trinajstić information content (AvgIpc) is 3.52. The number of halogens is 3. The van der Waals surface area contributed by atoms with Crippen LogP contribution in [0.1, 0.15) is 51.4 Å². The minimum atomic E-state index is -0.395. The SMILES string of the molecule is O=C(Oc1ccc(CN2CCOCC2)cc1)c1ccc(CCCC2C(Cl)CC(O)C2CCc2cc(Cl)cc(Cl)c2)s1. The van der Waals surface area contributed by atoms with Crippen LogP contribution < -0.4 is 4.74 Å². The monoisotopic (exact) mass is 635 g/mol. The van der Waals surface area contributed by atoms with Crippen molar-refractivity contribution in [2.45, 2.75) is 56.6 Å². The molecule has 41 heavy (non-hydrogen) atoms. The first-order valence-electron chi connectivity index (χ1n) is 14.3. The number of aryl methyl sites for hydroxylation is 2. The van der Waals surface area contributed by atoms with Gasteiger partial charge in [0, 0.05) is 39.9 Å². The van der Waals surface area contributed by atoms with Crippen molar-refractivity contribution in [1.82, 2.24) is 4.90 Å². The Kier molecular flexibility index (Phi) is 11.0. The van der Waals surface area contributed by atoms with Crippen LogP contribution in [-0.2, 0) is 24.1 Å². The highest BCUT2D eigenvalue weighted by molar-refractivity contribution is 7.13. The largest absolute Gasteiger partial charge is 0.422 e. The molecule has 1 N–H and O–H groups in total. The van der Waals surface area contributed by atoms with Gasteiger partial charge < -0.3 is 14.6 Å². The smallest absolute Gasteiger partial charge is 0.353 e. The summed E-state index contributed by atoms with van der Waals surface area (Å²) in [7, 11) is 0. The molecule has 4 atom stereocenters. The molecule has 1 aromatic heterocycles. The summed E-state index contributed by atoms with van der Waals surface area (Å²) in [5, 5.41) is 11.9. The number of carbonyl (C=O) groups excluding carboxylic acids is 1. The Balaban J connectivity index is 1.08. The zero-order valence-corrected chi connectivity index (χ0v) is 26.0. The molecule has 1 saturated carbocycles. The Morgan fingerprint density at radius 1 is 0.951 bits per heavy atom. The highest BCUT2D eigenvalue weighted by atomic mass is 35.5. The highest BCUT2D eigenvalue weighted by Gasteiger charge is 2.40. The summed E-state index contributed by atoms with van der Waals surface area (Å²) in [4.78, 5) is 16.9. The third kappa shape index (κ3) is 8.70. The average molecular weight is 637 g/mol. The summed E-state index contributed by atoms with van der Waals surface area (Å²) >= 11 is 20.5. The van der Waals surface area contributed by atoms with Crippen molar-refractivity contribution < 1.29 is 19.4 Å². The molecule has 3 aromatic rings. The number of morpholine rings is 1. The highest BCUT2D eigenvalue weighted by Crippen LogP contribution is 2.42. The van der Waals surface area contributed by atoms with E-state index in [9.17, 15) is 9.90 Å². The molecule has 1 aliphatic heterocycles. The van der Waals surface area contributed by atoms with Crippen molar-refractivity contribution in [2.75, 3.05) is 26.3 Å². The number of aliphatic hydroxyl groups excluding tert-OH is 1. The number of esters is 1. The van der Waals surface area contributed by atoms with Gasteiger partial charge in [-0.25, -0.2) is 4.79 Å². The van der Waals surface area contributed by atoms with Crippen LogP contribution in [0.4, 0.5) is 0 Å². The van der Waals surface area contributed by atoms with Crippen LogP contribution >= 0.6 is 46.1 Å². The lowest BCUT2D eigenvalue weighted by molar-refractivity contribution is 0.0342. The summed E-state index contributed by atoms with van der Waals surface area (Å²) in [5.41, 5.74) is 2.27. The summed E-state index contributed by atoms with van der Waals surface area (Å²) in [6.45, 7) is 4.29. The quantitative estimate of drug-likeness (QED) is 0.133. The summed E-state index contributed by atoms with van der Waals surface area (Å²) in [6, 6.07) is 17.2. The number of hydrogen-bond acceptors (Lipinski definition) is 6. The van der Waals surface area contributed by atoms with Crippen molar-refractivity contribution in [3.8, 4) is 5.75 Å². The molecule has 5 nitrogen and oxygen atoms in total. The first kappa shape index (κ1) is 30.8. The lowest BCUT2D eigenvalue weighted by atomic mass is 9.85. The Morgan fingerprint density at radius 3 is 2.41 bits per heavy atom. The van der Waals surface area contributed by atoms with Crippen LogP contribution in [0.5, 0.6) is 5.75 Å². The van der Waals surface area contributed by atoms with E-state index in [4.69, 9.17) is 44.3 Å². The lowest BCUT2D eigenvalue weighted by Crippen LogP contribution is -2.35. The Morgan fingerprint density at radius 2 is 1.68 bits per heavy atom. The summed E-state index contributed by atoms with van der Waals surface area (Å²) in [5.74, 6) is 0.610. The van der Waals surface area contributed by atoms with Crippen molar-refractivity contribution in [1.29, 1.82) is 0 Å². The molecule has 1 aliphatic carbocycles. The zero-order chi connectivity index (χ0) is 28.8. The molecule has 2 aliphatic rings. The molecular weight excluding hydrogens is 601 g/mol. The van der Waals surface area contributed by atoms with E-state index in [1.807, 2.05) is 48.5 Å². The van der Waals surface area contributed by atoms with E-state index in [0.717, 1.165) is 75.4 Å². The first-order valence-corrected chi connectivity index (χ1v) is 16.3. The molecule has 0 spiro atoms. The standard InChI is InChI=1S/C32H36Cl3NO4S/c33-23-16-22(17-24(34)18-23)6-10-28-27(29(35)19-30(28)37)3-1-2-26-9-11-31(41-26)32(38)40-25-7-4-21(5-8-25)20-36-12-14-39-15-13-36/h4-5,7-9,11,16-18,27-30,37H,1-3,6,10,12-15,19-20H2. The molecule has 9 heteroatoms. The number of aliphatic hydroxyl groups is 1. The van der Waals surface area contributed by atoms with Gasteiger partial charge in [-0.2, -0.15) is 0 Å². The van der Waals surface area contributed by atoms with Gasteiger partial charge in [-0.15, -0.1) is 22.9 Å². The summed E-state index contributed by atoms with van der Waals surface area (Å²) < 4.78 is 11.0. The Labute approximate surface area is 261 Å². The molecule has 2 heterocycles. The normalized spacial score (nSPS) is 23.1. The van der Waals surface area contributed by atoms with Crippen molar-refractivity contribution in [2.24, 2.45) is 11.8 Å². The van der Waals surface area contributed by atoms with Gasteiger partial charge in [-0.05, 0) is 104 Å². The molecule has 220 valence electrons. The van der Waals surface area contributed by atoms with Gasteiger partial charge in [-0.3, -0.25) is 4.90 Å². The predicted molar refractivity (Wildman–Crippen MR) is 167 cm³/mol. The second-order valence-corrected chi connectivity index (χ2v) is 13.6. The lowest BCUT2D eigenvalue weighted by Gasteiger charge is -2.26. The van der Waals surface area contributed by atoms with E-state index in [-0.39, 0.29) is 23.2 Å². The van der Waals surface area contributed by atoms with Gasteiger partial charge in [0.05, 0.1) is 19.3 Å². The second-order valence-electron chi connectivity index (χ2n) is 11.0. The fourth-order valence-corrected chi connectivity index (χ4v) is 7.99. The van der Waals surface area contributed by atoms with E-state index in [1.165, 1.54) is 16.9 Å². The molecule has 2 fully saturated rings. The molecule has 1 saturated heterocycles. The molecular formula is C32H36Cl3NO4S. The van der Waals surface area contributed by atoms with Crippen LogP contribution in [0.3, 0.4) is 0 Å². The molecule has 2 aromatic carbocycles. The number of nitrogens with zero attached hydrogens (tertiary/aromatic N) is 1. The molecule has 5 rings (SSSR count). The van der Waals surface area contributed by atoms with E-state index < -0.39 is 6.10 Å². The number of hydrogen-bond donors (Lipinski definition) is 1. The molecule has 0 bridgehead atoms. The maximum Gasteiger partial charge on any atom is 0.353 e. The second kappa shape index (κ2) is 14.7. The molecule has 4 unspecified atom stereocenters. The van der Waals surface area contributed by atoms with Gasteiger partial charge in [0.1, 0.15) is 10.6 Å². The van der Waals surface area contributed by atoms with E-state index in [2.05, 4.69) is 4.90 Å². The van der Waals surface area contributed by atoms with Gasteiger partial charge >= 0.3 is 5.97 Å². The predicted octanol–water partition coefficient (Wildman–Crippen LogP) is 7.67. The van der Waals surface area contributed by atoms with Crippen molar-refractivity contribution in [3.05, 3.63) is 85.5 Å². The van der Waals surface area contributed by atoms with Crippen LogP contribution in [0.2, 0.25) is 10.0 Å². The fourth-order valence-electron chi connectivity index (χ4n) is 6.00. The van der Waals surface area contributed by atoms with Gasteiger partial charge in [-0.1, -0.05) is 35.3 Å². The number of alkyl halides is 1. The maximum absolute atomic E-state index is 12.8. The molecule has 0 radical (unpaired) electrons. The maximum atomic E-state index is 12.8. The number of ether oxygens (including phenoxy) is 2. The first-order chi connectivity index (χ1) is 19.8. The summed E-state index contributed by atoms with van der Waals surface area (Å²) in [6.07, 6.45) is 4.61.